The van der Waals surface area contributed by atoms with E-state index in [1.807, 2.05) is 4.90 Å². The number of likely N-dealkylation sites (tertiary alicyclic amines) is 1. The highest BCUT2D eigenvalue weighted by Gasteiger charge is 2.52. The lowest BCUT2D eigenvalue weighted by Gasteiger charge is -2.53. The fraction of sp³-hybridized carbons (Fsp3) is 0.680. The second-order valence-corrected chi connectivity index (χ2v) is 10.9. The number of carbonyl (C=O) groups is 2. The molecule has 1 aromatic carbocycles. The maximum Gasteiger partial charge on any atom is 0.414 e. The number of piperidine rings is 1. The quantitative estimate of drug-likeness (QED) is 0.704. The van der Waals surface area contributed by atoms with Crippen LogP contribution in [-0.4, -0.2) is 47.9 Å². The molecule has 1 saturated heterocycles. The molecular formula is C25H32N2O4. The Bertz CT molecular complexity index is 892. The van der Waals surface area contributed by atoms with Crippen LogP contribution in [0.2, 0.25) is 0 Å². The molecule has 4 saturated carbocycles. The van der Waals surface area contributed by atoms with Crippen LogP contribution in [0.5, 0.6) is 0 Å². The zero-order valence-electron chi connectivity index (χ0n) is 18.3. The van der Waals surface area contributed by atoms with Crippen molar-refractivity contribution in [2.24, 2.45) is 23.7 Å². The molecule has 0 unspecified atom stereocenters. The van der Waals surface area contributed by atoms with Gasteiger partial charge in [0.25, 0.3) is 0 Å². The molecule has 1 N–H and O–H groups in total. The maximum atomic E-state index is 13.5. The standard InChI is InChI=1S/C25H32N2O4/c1-15-2-3-21-20(8-15)25(4-6-26(7-5-25)23(28)29)14-27(21)24(30)31-22-18-10-16-9-17(12-18)13-19(22)11-16/h2-3,8,16-19,22H,4-7,9-14H2,1H3,(H,28,29). The first-order valence-corrected chi connectivity index (χ1v) is 12.0. The predicted octanol–water partition coefficient (Wildman–Crippen LogP) is 4.79. The first kappa shape index (κ1) is 19.4. The fourth-order valence-corrected chi connectivity index (χ4v) is 7.75. The van der Waals surface area contributed by atoms with Crippen molar-refractivity contribution in [3.8, 4) is 0 Å². The Balaban J connectivity index is 1.24. The molecule has 4 aliphatic carbocycles. The summed E-state index contributed by atoms with van der Waals surface area (Å²) in [4.78, 5) is 28.3. The van der Waals surface area contributed by atoms with Crippen LogP contribution in [0.4, 0.5) is 15.3 Å². The van der Waals surface area contributed by atoms with Crippen LogP contribution in [-0.2, 0) is 10.2 Å². The zero-order chi connectivity index (χ0) is 21.3. The van der Waals surface area contributed by atoms with Crippen LogP contribution >= 0.6 is 0 Å². The summed E-state index contributed by atoms with van der Waals surface area (Å²) in [5.74, 6) is 2.81. The van der Waals surface area contributed by atoms with Gasteiger partial charge in [-0.1, -0.05) is 17.7 Å². The highest BCUT2D eigenvalue weighted by Crippen LogP contribution is 2.55. The number of hydrogen-bond donors (Lipinski definition) is 1. The van der Waals surface area contributed by atoms with Gasteiger partial charge in [-0.15, -0.1) is 0 Å². The first-order chi connectivity index (χ1) is 14.9. The number of rotatable bonds is 1. The molecule has 1 spiro atoms. The number of ether oxygens (including phenoxy) is 1. The van der Waals surface area contributed by atoms with Crippen molar-refractivity contribution >= 4 is 17.9 Å². The molecule has 2 heterocycles. The second-order valence-electron chi connectivity index (χ2n) is 10.9. The number of carboxylic acid groups (broad SMARTS) is 1. The third-order valence-corrected chi connectivity index (χ3v) is 9.06. The molecular weight excluding hydrogens is 392 g/mol. The summed E-state index contributed by atoms with van der Waals surface area (Å²) in [5.41, 5.74) is 3.16. The number of aryl methyl sites for hydroxylation is 1. The van der Waals surface area contributed by atoms with E-state index < -0.39 is 6.09 Å². The predicted molar refractivity (Wildman–Crippen MR) is 116 cm³/mol. The van der Waals surface area contributed by atoms with E-state index in [-0.39, 0.29) is 17.6 Å². The van der Waals surface area contributed by atoms with Crippen LogP contribution in [0.15, 0.2) is 18.2 Å². The minimum Gasteiger partial charge on any atom is -0.465 e. The van der Waals surface area contributed by atoms with Gasteiger partial charge in [0, 0.05) is 25.0 Å². The van der Waals surface area contributed by atoms with Gasteiger partial charge in [0.1, 0.15) is 6.10 Å². The largest absolute Gasteiger partial charge is 0.465 e. The Morgan fingerprint density at radius 1 is 1.03 bits per heavy atom. The average molecular weight is 425 g/mol. The lowest BCUT2D eigenvalue weighted by Crippen LogP contribution is -2.52. The minimum atomic E-state index is -0.851. The molecule has 1 aromatic rings. The summed E-state index contributed by atoms with van der Waals surface area (Å²) >= 11 is 0. The lowest BCUT2D eigenvalue weighted by atomic mass is 9.55. The Kier molecular flexibility index (Phi) is 4.31. The average Bonchev–Trinajstić information content (AvgIpc) is 3.04. The molecule has 6 nitrogen and oxygen atoms in total. The number of carbonyl (C=O) groups excluding carboxylic acids is 1. The van der Waals surface area contributed by atoms with Gasteiger partial charge < -0.3 is 14.7 Å². The summed E-state index contributed by atoms with van der Waals surface area (Å²) in [6, 6.07) is 6.32. The van der Waals surface area contributed by atoms with Crippen LogP contribution in [0.3, 0.4) is 0 Å². The number of nitrogens with zero attached hydrogens (tertiary/aromatic N) is 2. The van der Waals surface area contributed by atoms with Gasteiger partial charge in [-0.3, -0.25) is 4.90 Å². The van der Waals surface area contributed by atoms with Crippen molar-refractivity contribution in [2.75, 3.05) is 24.5 Å². The highest BCUT2D eigenvalue weighted by molar-refractivity contribution is 5.92. The highest BCUT2D eigenvalue weighted by atomic mass is 16.6. The van der Waals surface area contributed by atoms with Gasteiger partial charge in [0.2, 0.25) is 0 Å². The zero-order valence-corrected chi connectivity index (χ0v) is 18.3. The van der Waals surface area contributed by atoms with Crippen LogP contribution < -0.4 is 4.90 Å². The van der Waals surface area contributed by atoms with Crippen molar-refractivity contribution in [1.29, 1.82) is 0 Å². The van der Waals surface area contributed by atoms with Gasteiger partial charge in [-0.2, -0.15) is 0 Å². The van der Waals surface area contributed by atoms with Crippen molar-refractivity contribution in [3.05, 3.63) is 29.3 Å². The SMILES string of the molecule is Cc1ccc2c(c1)C1(CCN(C(=O)O)CC1)CN2C(=O)OC1C2CC3CC(C2)CC1C3. The van der Waals surface area contributed by atoms with Crippen molar-refractivity contribution in [2.45, 2.75) is 63.4 Å². The van der Waals surface area contributed by atoms with E-state index in [0.717, 1.165) is 30.4 Å². The van der Waals surface area contributed by atoms with Gasteiger partial charge in [0.05, 0.1) is 5.69 Å². The van der Waals surface area contributed by atoms with Crippen molar-refractivity contribution in [3.63, 3.8) is 0 Å². The van der Waals surface area contributed by atoms with E-state index in [4.69, 9.17) is 4.74 Å². The molecule has 166 valence electrons. The topological polar surface area (TPSA) is 70.1 Å². The molecule has 0 radical (unpaired) electrons. The van der Waals surface area contributed by atoms with Crippen LogP contribution in [0.25, 0.3) is 0 Å². The molecule has 7 rings (SSSR count). The van der Waals surface area contributed by atoms with E-state index >= 15 is 0 Å². The van der Waals surface area contributed by atoms with E-state index in [0.29, 0.717) is 31.5 Å². The Morgan fingerprint density at radius 3 is 2.29 bits per heavy atom. The smallest absolute Gasteiger partial charge is 0.414 e. The fourth-order valence-electron chi connectivity index (χ4n) is 7.75. The molecule has 2 aliphatic heterocycles. The van der Waals surface area contributed by atoms with Gasteiger partial charge in [-0.05, 0) is 87.2 Å². The monoisotopic (exact) mass is 424 g/mol. The van der Waals surface area contributed by atoms with Gasteiger partial charge in [-0.25, -0.2) is 9.59 Å². The van der Waals surface area contributed by atoms with E-state index in [1.165, 1.54) is 48.1 Å². The number of amides is 2. The lowest BCUT2D eigenvalue weighted by molar-refractivity contribution is -0.0947. The summed E-state index contributed by atoms with van der Waals surface area (Å²) in [7, 11) is 0. The molecule has 6 heteroatoms. The normalized spacial score (nSPS) is 34.8. The van der Waals surface area contributed by atoms with E-state index in [9.17, 15) is 14.7 Å². The Labute approximate surface area is 183 Å². The summed E-state index contributed by atoms with van der Waals surface area (Å²) in [6.45, 7) is 3.71. The third kappa shape index (κ3) is 3.05. The third-order valence-electron chi connectivity index (χ3n) is 9.06. The summed E-state index contributed by atoms with van der Waals surface area (Å²) in [5, 5.41) is 9.37. The number of fused-ring (bicyclic) bond motifs is 2. The van der Waals surface area contributed by atoms with Crippen molar-refractivity contribution < 1.29 is 19.4 Å². The van der Waals surface area contributed by atoms with Gasteiger partial charge >= 0.3 is 12.2 Å². The number of hydrogen-bond acceptors (Lipinski definition) is 3. The molecule has 31 heavy (non-hydrogen) atoms. The van der Waals surface area contributed by atoms with Crippen molar-refractivity contribution in [1.82, 2.24) is 4.90 Å². The minimum absolute atomic E-state index is 0.0830. The Morgan fingerprint density at radius 2 is 1.68 bits per heavy atom. The molecule has 6 aliphatic rings. The van der Waals surface area contributed by atoms with E-state index in [2.05, 4.69) is 25.1 Å². The van der Waals surface area contributed by atoms with Crippen LogP contribution in [0.1, 0.15) is 56.1 Å². The molecule has 0 aromatic heterocycles. The molecule has 0 atom stereocenters. The molecule has 4 bridgehead atoms. The number of benzene rings is 1. The number of anilines is 1. The first-order valence-electron chi connectivity index (χ1n) is 12.0. The van der Waals surface area contributed by atoms with Gasteiger partial charge in [0.15, 0.2) is 0 Å². The summed E-state index contributed by atoms with van der Waals surface area (Å²) in [6.07, 6.45) is 6.85. The molecule has 2 amide bonds. The van der Waals surface area contributed by atoms with E-state index in [1.54, 1.807) is 0 Å². The second kappa shape index (κ2) is 6.88. The summed E-state index contributed by atoms with van der Waals surface area (Å²) < 4.78 is 6.27. The van der Waals surface area contributed by atoms with Crippen LogP contribution in [0, 0.1) is 30.6 Å². The maximum absolute atomic E-state index is 13.5. The Hall–Kier alpha value is -2.24. The molecule has 5 fully saturated rings.